The van der Waals surface area contributed by atoms with Crippen LogP contribution in [0.3, 0.4) is 0 Å². The topological polar surface area (TPSA) is 83.8 Å². The van der Waals surface area contributed by atoms with Crippen LogP contribution in [0.5, 0.6) is 0 Å². The second-order valence-electron chi connectivity index (χ2n) is 5.75. The van der Waals surface area contributed by atoms with Gasteiger partial charge in [0.05, 0.1) is 0 Å². The summed E-state index contributed by atoms with van der Waals surface area (Å²) in [5.41, 5.74) is 8.57. The molecule has 1 atom stereocenters. The van der Waals surface area contributed by atoms with Crippen LogP contribution in [0.2, 0.25) is 5.02 Å². The average Bonchev–Trinajstić information content (AvgIpc) is 3.04. The number of fused-ring (bicyclic) bond motifs is 1. The molecule has 0 aliphatic rings. The van der Waals surface area contributed by atoms with Crippen molar-refractivity contribution in [3.05, 3.63) is 71.0 Å². The van der Waals surface area contributed by atoms with Gasteiger partial charge in [0.1, 0.15) is 5.65 Å². The molecule has 0 aliphatic heterocycles. The van der Waals surface area contributed by atoms with E-state index in [-0.39, 0.29) is 36.8 Å². The third-order valence-electron chi connectivity index (χ3n) is 3.92. The van der Waals surface area contributed by atoms with Crippen LogP contribution in [0.1, 0.15) is 11.1 Å². The number of pyridine rings is 1. The van der Waals surface area contributed by atoms with Gasteiger partial charge in [0.2, 0.25) is 5.91 Å². The van der Waals surface area contributed by atoms with E-state index >= 15 is 0 Å². The summed E-state index contributed by atoms with van der Waals surface area (Å²) in [6, 6.07) is 11.2. The SMILES string of the molecule is Cl.Cl.NC[C@H](Cc1ccc(Cl)cc1)NC(=O)/C=C/c1c[nH]c2ncccc12. The van der Waals surface area contributed by atoms with Crippen molar-refractivity contribution in [1.29, 1.82) is 0 Å². The number of nitrogens with zero attached hydrogens (tertiary/aromatic N) is 1. The number of halogens is 3. The van der Waals surface area contributed by atoms with E-state index in [1.807, 2.05) is 42.6 Å². The van der Waals surface area contributed by atoms with E-state index in [1.54, 1.807) is 12.3 Å². The lowest BCUT2D eigenvalue weighted by atomic mass is 10.1. The van der Waals surface area contributed by atoms with Crippen LogP contribution in [0.25, 0.3) is 17.1 Å². The molecule has 8 heteroatoms. The minimum absolute atomic E-state index is 0. The molecule has 0 spiro atoms. The monoisotopic (exact) mass is 426 g/mol. The predicted octanol–water partition coefficient (Wildman–Crippen LogP) is 3.76. The van der Waals surface area contributed by atoms with Crippen molar-refractivity contribution in [2.24, 2.45) is 5.73 Å². The Morgan fingerprint density at radius 2 is 2.00 bits per heavy atom. The number of nitrogens with one attached hydrogen (secondary N) is 2. The number of aromatic nitrogens is 2. The third-order valence-corrected chi connectivity index (χ3v) is 4.18. The summed E-state index contributed by atoms with van der Waals surface area (Å²) in [6.45, 7) is 0.360. The number of hydrogen-bond acceptors (Lipinski definition) is 3. The van der Waals surface area contributed by atoms with Crippen molar-refractivity contribution in [3.63, 3.8) is 0 Å². The van der Waals surface area contributed by atoms with E-state index < -0.39 is 0 Å². The van der Waals surface area contributed by atoms with Crippen molar-refractivity contribution in [2.75, 3.05) is 6.54 Å². The molecule has 0 unspecified atom stereocenters. The molecule has 2 heterocycles. The van der Waals surface area contributed by atoms with Crippen LogP contribution in [0, 0.1) is 0 Å². The van der Waals surface area contributed by atoms with Gasteiger partial charge in [0, 0.05) is 47.0 Å². The van der Waals surface area contributed by atoms with Gasteiger partial charge >= 0.3 is 0 Å². The van der Waals surface area contributed by atoms with Gasteiger partial charge in [-0.15, -0.1) is 24.8 Å². The maximum absolute atomic E-state index is 12.2. The van der Waals surface area contributed by atoms with Crippen molar-refractivity contribution < 1.29 is 4.79 Å². The molecule has 0 bridgehead atoms. The smallest absolute Gasteiger partial charge is 0.244 e. The van der Waals surface area contributed by atoms with Crippen molar-refractivity contribution in [1.82, 2.24) is 15.3 Å². The maximum Gasteiger partial charge on any atom is 0.244 e. The summed E-state index contributed by atoms with van der Waals surface area (Å²) >= 11 is 5.89. The Morgan fingerprint density at radius 1 is 1.26 bits per heavy atom. The normalized spacial score (nSPS) is 11.6. The number of nitrogens with two attached hydrogens (primary N) is 1. The summed E-state index contributed by atoms with van der Waals surface area (Å²) in [5.74, 6) is -0.178. The molecule has 0 aliphatic carbocycles. The lowest BCUT2D eigenvalue weighted by Gasteiger charge is -2.15. The van der Waals surface area contributed by atoms with Crippen LogP contribution >= 0.6 is 36.4 Å². The zero-order valence-corrected chi connectivity index (χ0v) is 16.8. The second-order valence-corrected chi connectivity index (χ2v) is 6.19. The number of H-pyrrole nitrogens is 1. The van der Waals surface area contributed by atoms with Crippen LogP contribution < -0.4 is 11.1 Å². The molecule has 1 aromatic carbocycles. The lowest BCUT2D eigenvalue weighted by molar-refractivity contribution is -0.117. The Hall–Kier alpha value is -2.05. The van der Waals surface area contributed by atoms with E-state index in [0.29, 0.717) is 18.0 Å². The fourth-order valence-corrected chi connectivity index (χ4v) is 2.75. The first-order valence-corrected chi connectivity index (χ1v) is 8.38. The van der Waals surface area contributed by atoms with E-state index in [9.17, 15) is 4.79 Å². The predicted molar refractivity (Wildman–Crippen MR) is 116 cm³/mol. The largest absolute Gasteiger partial charge is 0.348 e. The maximum atomic E-state index is 12.2. The van der Waals surface area contributed by atoms with Crippen molar-refractivity contribution in [3.8, 4) is 0 Å². The van der Waals surface area contributed by atoms with Gasteiger partial charge in [0.25, 0.3) is 0 Å². The Bertz CT molecular complexity index is 893. The molecule has 4 N–H and O–H groups in total. The molecule has 0 saturated carbocycles. The van der Waals surface area contributed by atoms with Crippen LogP contribution in [0.4, 0.5) is 0 Å². The van der Waals surface area contributed by atoms with E-state index in [2.05, 4.69) is 15.3 Å². The molecule has 0 fully saturated rings. The molecule has 0 radical (unpaired) electrons. The van der Waals surface area contributed by atoms with Gasteiger partial charge in [-0.3, -0.25) is 4.79 Å². The quantitative estimate of drug-likeness (QED) is 0.524. The first-order chi connectivity index (χ1) is 12.2. The zero-order valence-electron chi connectivity index (χ0n) is 14.4. The van der Waals surface area contributed by atoms with Gasteiger partial charge in [0.15, 0.2) is 0 Å². The highest BCUT2D eigenvalue weighted by atomic mass is 35.5. The second kappa shape index (κ2) is 10.9. The Labute approximate surface area is 175 Å². The molecule has 0 saturated heterocycles. The molecule has 3 aromatic rings. The third kappa shape index (κ3) is 6.26. The fraction of sp³-hybridized carbons (Fsp3) is 0.158. The average molecular weight is 428 g/mol. The van der Waals surface area contributed by atoms with E-state index in [4.69, 9.17) is 17.3 Å². The van der Waals surface area contributed by atoms with Crippen LogP contribution in [-0.2, 0) is 11.2 Å². The van der Waals surface area contributed by atoms with Crippen molar-refractivity contribution >= 4 is 59.4 Å². The molecule has 3 rings (SSSR count). The van der Waals surface area contributed by atoms with E-state index in [1.165, 1.54) is 6.08 Å². The summed E-state index contributed by atoms with van der Waals surface area (Å²) in [7, 11) is 0. The van der Waals surface area contributed by atoms with Gasteiger partial charge in [-0.25, -0.2) is 4.98 Å². The number of carbonyl (C=O) groups is 1. The molecule has 2 aromatic heterocycles. The summed E-state index contributed by atoms with van der Waals surface area (Å²) < 4.78 is 0. The summed E-state index contributed by atoms with van der Waals surface area (Å²) in [6.07, 6.45) is 7.49. The Morgan fingerprint density at radius 3 is 2.70 bits per heavy atom. The minimum Gasteiger partial charge on any atom is -0.348 e. The summed E-state index contributed by atoms with van der Waals surface area (Å²) in [4.78, 5) is 19.5. The molecular formula is C19H21Cl3N4O. The molecular weight excluding hydrogens is 407 g/mol. The lowest BCUT2D eigenvalue weighted by Crippen LogP contribution is -2.40. The Kier molecular flexibility index (Phi) is 9.32. The van der Waals surface area contributed by atoms with Crippen molar-refractivity contribution in [2.45, 2.75) is 12.5 Å². The highest BCUT2D eigenvalue weighted by molar-refractivity contribution is 6.30. The van der Waals surface area contributed by atoms with Gasteiger partial charge in [-0.2, -0.15) is 0 Å². The number of amides is 1. The van der Waals surface area contributed by atoms with E-state index in [0.717, 1.165) is 22.2 Å². The fourth-order valence-electron chi connectivity index (χ4n) is 2.63. The van der Waals surface area contributed by atoms with Crippen LogP contribution in [0.15, 0.2) is 54.9 Å². The molecule has 27 heavy (non-hydrogen) atoms. The Balaban J connectivity index is 0.00000182. The number of carbonyl (C=O) groups excluding carboxylic acids is 1. The summed E-state index contributed by atoms with van der Waals surface area (Å²) in [5, 5.41) is 4.59. The first kappa shape index (κ1) is 23.0. The highest BCUT2D eigenvalue weighted by Gasteiger charge is 2.10. The standard InChI is InChI=1S/C19H19ClN4O.2ClH/c20-15-6-3-13(4-7-15)10-16(11-21)24-18(25)8-5-14-12-23-19-17(14)2-1-9-22-19;;/h1-9,12,16H,10-11,21H2,(H,22,23)(H,24,25);2*1H/b8-5+;;/t16-;;/m0../s1. The van der Waals surface area contributed by atoms with Gasteiger partial charge in [-0.1, -0.05) is 23.7 Å². The number of aromatic amines is 1. The minimum atomic E-state index is -0.178. The number of hydrogen-bond donors (Lipinski definition) is 3. The number of rotatable bonds is 6. The number of benzene rings is 1. The van der Waals surface area contributed by atoms with Crippen LogP contribution in [-0.4, -0.2) is 28.5 Å². The van der Waals surface area contributed by atoms with Gasteiger partial charge in [-0.05, 0) is 42.3 Å². The first-order valence-electron chi connectivity index (χ1n) is 8.01. The highest BCUT2D eigenvalue weighted by Crippen LogP contribution is 2.16. The zero-order chi connectivity index (χ0) is 17.6. The molecule has 5 nitrogen and oxygen atoms in total. The van der Waals surface area contributed by atoms with Gasteiger partial charge < -0.3 is 16.0 Å². The molecule has 144 valence electrons. The molecule has 1 amide bonds.